The fourth-order valence-corrected chi connectivity index (χ4v) is 2.44. The van der Waals surface area contributed by atoms with Crippen LogP contribution in [-0.4, -0.2) is 16.1 Å². The minimum absolute atomic E-state index is 0.0456. The zero-order valence-corrected chi connectivity index (χ0v) is 12.6. The smallest absolute Gasteiger partial charge is 0.267 e. The molecule has 2 aromatic carbocycles. The lowest BCUT2D eigenvalue weighted by Gasteiger charge is -2.14. The van der Waals surface area contributed by atoms with Gasteiger partial charge in [0.2, 0.25) is 5.95 Å². The minimum atomic E-state index is -0.0456. The Kier molecular flexibility index (Phi) is 4.19. The summed E-state index contributed by atoms with van der Waals surface area (Å²) in [5, 5.41) is 3.93. The van der Waals surface area contributed by atoms with Crippen LogP contribution < -0.4 is 10.9 Å². The number of hydrogen-bond acceptors (Lipinski definition) is 3. The van der Waals surface area contributed by atoms with Gasteiger partial charge in [-0.1, -0.05) is 43.7 Å². The Morgan fingerprint density at radius 3 is 2.55 bits per heavy atom. The van der Waals surface area contributed by atoms with Crippen molar-refractivity contribution in [2.24, 2.45) is 0 Å². The maximum Gasteiger partial charge on any atom is 0.267 e. The van der Waals surface area contributed by atoms with Gasteiger partial charge in [0.15, 0.2) is 0 Å². The molecule has 4 heteroatoms. The van der Waals surface area contributed by atoms with E-state index in [1.54, 1.807) is 4.57 Å². The van der Waals surface area contributed by atoms with Crippen molar-refractivity contribution >= 4 is 16.9 Å². The lowest BCUT2D eigenvalue weighted by Crippen LogP contribution is -2.24. The molecule has 0 saturated carbocycles. The van der Waals surface area contributed by atoms with Crippen LogP contribution >= 0.6 is 0 Å². The van der Waals surface area contributed by atoms with E-state index in [4.69, 9.17) is 0 Å². The second-order valence-corrected chi connectivity index (χ2v) is 5.21. The number of hydrogen-bond donors (Lipinski definition) is 1. The zero-order valence-electron chi connectivity index (χ0n) is 12.6. The molecule has 0 bridgehead atoms. The van der Waals surface area contributed by atoms with Crippen molar-refractivity contribution in [2.75, 3.05) is 11.9 Å². The summed E-state index contributed by atoms with van der Waals surface area (Å²) in [6.45, 7) is 2.94. The molecule has 0 amide bonds. The van der Waals surface area contributed by atoms with E-state index < -0.39 is 0 Å². The molecule has 0 saturated heterocycles. The highest BCUT2D eigenvalue weighted by Gasteiger charge is 2.11. The van der Waals surface area contributed by atoms with Crippen molar-refractivity contribution in [1.29, 1.82) is 0 Å². The topological polar surface area (TPSA) is 46.9 Å². The highest BCUT2D eigenvalue weighted by atomic mass is 16.1. The van der Waals surface area contributed by atoms with Crippen molar-refractivity contribution in [3.63, 3.8) is 0 Å². The second kappa shape index (κ2) is 6.43. The van der Waals surface area contributed by atoms with Crippen LogP contribution in [0.15, 0.2) is 59.4 Å². The van der Waals surface area contributed by atoms with Crippen LogP contribution in [0.5, 0.6) is 0 Å². The van der Waals surface area contributed by atoms with Crippen molar-refractivity contribution < 1.29 is 0 Å². The average molecular weight is 293 g/mol. The Hall–Kier alpha value is -2.62. The van der Waals surface area contributed by atoms with Crippen LogP contribution in [0.2, 0.25) is 0 Å². The third-order valence-corrected chi connectivity index (χ3v) is 3.60. The summed E-state index contributed by atoms with van der Waals surface area (Å²) in [7, 11) is 0. The highest BCUT2D eigenvalue weighted by Crippen LogP contribution is 2.16. The van der Waals surface area contributed by atoms with Crippen molar-refractivity contribution in [3.8, 4) is 5.69 Å². The van der Waals surface area contributed by atoms with Gasteiger partial charge in [0.1, 0.15) is 0 Å². The first-order valence-corrected chi connectivity index (χ1v) is 7.62. The number of rotatable bonds is 5. The standard InChI is InChI=1S/C18H19N3O/c1-2-3-13-19-18-20-16-12-8-7-11-15(16)17(22)21(18)14-9-5-4-6-10-14/h4-12H,2-3,13H2,1H3,(H,19,20). The van der Waals surface area contributed by atoms with Gasteiger partial charge in [0.25, 0.3) is 5.56 Å². The molecule has 1 N–H and O–H groups in total. The summed E-state index contributed by atoms with van der Waals surface area (Å²) in [6.07, 6.45) is 2.13. The van der Waals surface area contributed by atoms with Gasteiger partial charge >= 0.3 is 0 Å². The molecule has 0 fully saturated rings. The van der Waals surface area contributed by atoms with E-state index in [1.165, 1.54) is 0 Å². The van der Waals surface area contributed by atoms with Gasteiger partial charge in [-0.05, 0) is 30.7 Å². The number of para-hydroxylation sites is 2. The maximum absolute atomic E-state index is 12.9. The molecular weight excluding hydrogens is 274 g/mol. The van der Waals surface area contributed by atoms with E-state index in [-0.39, 0.29) is 5.56 Å². The van der Waals surface area contributed by atoms with Crippen LogP contribution in [0.3, 0.4) is 0 Å². The molecule has 0 aliphatic heterocycles. The molecule has 0 aliphatic rings. The Morgan fingerprint density at radius 1 is 1.05 bits per heavy atom. The van der Waals surface area contributed by atoms with Gasteiger partial charge in [-0.2, -0.15) is 0 Å². The molecule has 1 heterocycles. The number of benzene rings is 2. The first kappa shape index (κ1) is 14.3. The Labute approximate surface area is 129 Å². The first-order chi connectivity index (χ1) is 10.8. The Balaban J connectivity index is 2.20. The largest absolute Gasteiger partial charge is 0.355 e. The molecule has 0 aliphatic carbocycles. The predicted molar refractivity (Wildman–Crippen MR) is 90.7 cm³/mol. The zero-order chi connectivity index (χ0) is 15.4. The van der Waals surface area contributed by atoms with Crippen LogP contribution in [0.4, 0.5) is 5.95 Å². The van der Waals surface area contributed by atoms with E-state index in [0.717, 1.165) is 30.6 Å². The molecule has 112 valence electrons. The van der Waals surface area contributed by atoms with E-state index in [2.05, 4.69) is 17.2 Å². The van der Waals surface area contributed by atoms with Gasteiger partial charge in [-0.15, -0.1) is 0 Å². The van der Waals surface area contributed by atoms with Gasteiger partial charge in [0.05, 0.1) is 16.6 Å². The number of nitrogens with zero attached hydrogens (tertiary/aromatic N) is 2. The molecule has 4 nitrogen and oxygen atoms in total. The van der Waals surface area contributed by atoms with Gasteiger partial charge in [-0.3, -0.25) is 4.79 Å². The molecule has 0 radical (unpaired) electrons. The number of unbranched alkanes of at least 4 members (excludes halogenated alkanes) is 1. The Bertz CT molecular complexity index is 825. The number of aromatic nitrogens is 2. The molecule has 3 aromatic rings. The van der Waals surface area contributed by atoms with Crippen LogP contribution in [0.1, 0.15) is 19.8 Å². The van der Waals surface area contributed by atoms with E-state index in [0.29, 0.717) is 11.3 Å². The summed E-state index contributed by atoms with van der Waals surface area (Å²) >= 11 is 0. The molecule has 0 spiro atoms. The number of anilines is 1. The molecule has 0 atom stereocenters. The van der Waals surface area contributed by atoms with Gasteiger partial charge in [-0.25, -0.2) is 9.55 Å². The van der Waals surface area contributed by atoms with E-state index in [1.807, 2.05) is 54.6 Å². The number of nitrogens with one attached hydrogen (secondary N) is 1. The summed E-state index contributed by atoms with van der Waals surface area (Å²) < 4.78 is 1.65. The monoisotopic (exact) mass is 293 g/mol. The predicted octanol–water partition coefficient (Wildman–Crippen LogP) is 3.60. The fourth-order valence-electron chi connectivity index (χ4n) is 2.44. The molecule has 0 unspecified atom stereocenters. The normalized spacial score (nSPS) is 10.8. The third kappa shape index (κ3) is 2.72. The summed E-state index contributed by atoms with van der Waals surface area (Å²) in [4.78, 5) is 17.5. The van der Waals surface area contributed by atoms with Crippen molar-refractivity contribution in [1.82, 2.24) is 9.55 Å². The fraction of sp³-hybridized carbons (Fsp3) is 0.222. The van der Waals surface area contributed by atoms with Crippen molar-refractivity contribution in [3.05, 3.63) is 65.0 Å². The summed E-state index contributed by atoms with van der Waals surface area (Å²) in [5.41, 5.74) is 1.50. The third-order valence-electron chi connectivity index (χ3n) is 3.60. The number of fused-ring (bicyclic) bond motifs is 1. The summed E-state index contributed by atoms with van der Waals surface area (Å²) in [5.74, 6) is 0.600. The van der Waals surface area contributed by atoms with Gasteiger partial charge < -0.3 is 5.32 Å². The lowest BCUT2D eigenvalue weighted by molar-refractivity contribution is 0.816. The first-order valence-electron chi connectivity index (χ1n) is 7.62. The highest BCUT2D eigenvalue weighted by molar-refractivity contribution is 5.79. The SMILES string of the molecule is CCCCNc1nc2ccccc2c(=O)n1-c1ccccc1. The quantitative estimate of drug-likeness (QED) is 0.731. The van der Waals surface area contributed by atoms with Crippen LogP contribution in [0, 0.1) is 0 Å². The van der Waals surface area contributed by atoms with E-state index >= 15 is 0 Å². The molecule has 1 aromatic heterocycles. The van der Waals surface area contributed by atoms with Crippen molar-refractivity contribution in [2.45, 2.75) is 19.8 Å². The average Bonchev–Trinajstić information content (AvgIpc) is 2.56. The molecular formula is C18H19N3O. The van der Waals surface area contributed by atoms with E-state index in [9.17, 15) is 4.79 Å². The Morgan fingerprint density at radius 2 is 1.77 bits per heavy atom. The molecule has 22 heavy (non-hydrogen) atoms. The second-order valence-electron chi connectivity index (χ2n) is 5.21. The summed E-state index contributed by atoms with van der Waals surface area (Å²) in [6, 6.07) is 17.1. The minimum Gasteiger partial charge on any atom is -0.355 e. The molecule has 3 rings (SSSR count). The van der Waals surface area contributed by atoms with Crippen LogP contribution in [-0.2, 0) is 0 Å². The van der Waals surface area contributed by atoms with Crippen LogP contribution in [0.25, 0.3) is 16.6 Å². The lowest BCUT2D eigenvalue weighted by atomic mass is 10.2. The maximum atomic E-state index is 12.9. The van der Waals surface area contributed by atoms with Gasteiger partial charge in [0, 0.05) is 6.54 Å².